The van der Waals surface area contributed by atoms with Gasteiger partial charge in [-0.25, -0.2) is 0 Å². The lowest BCUT2D eigenvalue weighted by molar-refractivity contribution is -0.142. The van der Waals surface area contributed by atoms with Gasteiger partial charge in [0.05, 0.1) is 23.7 Å². The van der Waals surface area contributed by atoms with E-state index in [0.29, 0.717) is 13.0 Å². The van der Waals surface area contributed by atoms with E-state index in [-0.39, 0.29) is 5.97 Å². The molecule has 0 aliphatic rings. The summed E-state index contributed by atoms with van der Waals surface area (Å²) in [6.45, 7) is 4.22. The maximum absolute atomic E-state index is 11.1. The molecule has 4 nitrogen and oxygen atoms in total. The van der Waals surface area contributed by atoms with E-state index < -0.39 is 0 Å². The molecule has 0 fully saturated rings. The Kier molecular flexibility index (Phi) is 4.68. The van der Waals surface area contributed by atoms with Crippen LogP contribution < -0.4 is 0 Å². The largest absolute Gasteiger partial charge is 0.466 e. The first-order valence-electron chi connectivity index (χ1n) is 4.92. The maximum Gasteiger partial charge on any atom is 0.306 e. The van der Waals surface area contributed by atoms with Crippen LogP contribution in [0.3, 0.4) is 0 Å². The second-order valence-corrected chi connectivity index (χ2v) is 4.27. The summed E-state index contributed by atoms with van der Waals surface area (Å²) in [6, 6.07) is 2.01. The van der Waals surface area contributed by atoms with Crippen molar-refractivity contribution in [3.63, 3.8) is 0 Å². The Labute approximate surface area is 94.0 Å². The fourth-order valence-corrected chi connectivity index (χ4v) is 2.15. The Morgan fingerprint density at radius 3 is 2.93 bits per heavy atom. The van der Waals surface area contributed by atoms with Gasteiger partial charge in [0.25, 0.3) is 0 Å². The lowest BCUT2D eigenvalue weighted by atomic mass is 10.5. The first kappa shape index (κ1) is 12.1. The molecule has 0 bridgehead atoms. The van der Waals surface area contributed by atoms with Gasteiger partial charge in [-0.3, -0.25) is 9.48 Å². The summed E-state index contributed by atoms with van der Waals surface area (Å²) < 4.78 is 6.67. The molecule has 0 aromatic carbocycles. The van der Waals surface area contributed by atoms with Crippen LogP contribution in [0, 0.1) is 6.92 Å². The quantitative estimate of drug-likeness (QED) is 0.569. The highest BCUT2D eigenvalue weighted by Crippen LogP contribution is 2.18. The van der Waals surface area contributed by atoms with Gasteiger partial charge in [0.1, 0.15) is 0 Å². The van der Waals surface area contributed by atoms with Crippen LogP contribution in [0.1, 0.15) is 19.0 Å². The summed E-state index contributed by atoms with van der Waals surface area (Å²) >= 11 is 1.62. The number of rotatable bonds is 5. The minimum absolute atomic E-state index is 0.135. The van der Waals surface area contributed by atoms with E-state index in [1.807, 2.05) is 31.6 Å². The van der Waals surface area contributed by atoms with E-state index in [9.17, 15) is 4.79 Å². The standard InChI is InChI=1S/C10H16N2O2S/c1-4-14-10(13)5-6-15-9-7-8(2)11-12(9)3/h7H,4-6H2,1-3H3. The van der Waals surface area contributed by atoms with Crippen LogP contribution in [0.2, 0.25) is 0 Å². The molecule has 0 aliphatic carbocycles. The van der Waals surface area contributed by atoms with Crippen LogP contribution in [0.5, 0.6) is 0 Å². The molecule has 1 aromatic rings. The maximum atomic E-state index is 11.1. The number of ether oxygens (including phenoxy) is 1. The Bertz CT molecular complexity index is 336. The van der Waals surface area contributed by atoms with E-state index in [2.05, 4.69) is 5.10 Å². The van der Waals surface area contributed by atoms with Crippen molar-refractivity contribution in [1.82, 2.24) is 9.78 Å². The van der Waals surface area contributed by atoms with Crippen molar-refractivity contribution < 1.29 is 9.53 Å². The summed E-state index contributed by atoms with van der Waals surface area (Å²) in [5.41, 5.74) is 0.996. The third kappa shape index (κ3) is 3.95. The van der Waals surface area contributed by atoms with E-state index in [0.717, 1.165) is 16.5 Å². The Morgan fingerprint density at radius 1 is 1.67 bits per heavy atom. The molecule has 1 rings (SSSR count). The lowest BCUT2D eigenvalue weighted by Crippen LogP contribution is -2.05. The third-order valence-electron chi connectivity index (χ3n) is 1.82. The van der Waals surface area contributed by atoms with Crippen molar-refractivity contribution in [2.24, 2.45) is 7.05 Å². The average Bonchev–Trinajstić information content (AvgIpc) is 2.46. The zero-order valence-electron chi connectivity index (χ0n) is 9.32. The van der Waals surface area contributed by atoms with Crippen LogP contribution in [0.15, 0.2) is 11.1 Å². The molecule has 0 radical (unpaired) electrons. The Hall–Kier alpha value is -0.970. The zero-order chi connectivity index (χ0) is 11.3. The first-order valence-corrected chi connectivity index (χ1v) is 5.91. The van der Waals surface area contributed by atoms with Crippen LogP contribution in [0.25, 0.3) is 0 Å². The summed E-state index contributed by atoms with van der Waals surface area (Å²) in [5, 5.41) is 5.31. The highest BCUT2D eigenvalue weighted by Gasteiger charge is 2.05. The summed E-state index contributed by atoms with van der Waals surface area (Å²) in [7, 11) is 1.90. The van der Waals surface area contributed by atoms with Gasteiger partial charge in [-0.15, -0.1) is 11.8 Å². The smallest absolute Gasteiger partial charge is 0.306 e. The number of aromatic nitrogens is 2. The van der Waals surface area contributed by atoms with Gasteiger partial charge in [0, 0.05) is 12.8 Å². The first-order chi connectivity index (χ1) is 7.13. The SMILES string of the molecule is CCOC(=O)CCSc1cc(C)nn1C. The normalized spacial score (nSPS) is 10.3. The topological polar surface area (TPSA) is 44.1 Å². The Balaban J connectivity index is 2.31. The minimum atomic E-state index is -0.135. The highest BCUT2D eigenvalue weighted by atomic mass is 32.2. The zero-order valence-corrected chi connectivity index (χ0v) is 10.1. The molecule has 5 heteroatoms. The van der Waals surface area contributed by atoms with Crippen LogP contribution in [0.4, 0.5) is 0 Å². The molecule has 0 spiro atoms. The predicted molar refractivity (Wildman–Crippen MR) is 59.9 cm³/mol. The summed E-state index contributed by atoms with van der Waals surface area (Å²) in [4.78, 5) is 11.1. The van der Waals surface area contributed by atoms with Crippen molar-refractivity contribution in [1.29, 1.82) is 0 Å². The van der Waals surface area contributed by atoms with Crippen LogP contribution >= 0.6 is 11.8 Å². The molecule has 84 valence electrons. The number of carbonyl (C=O) groups excluding carboxylic acids is 1. The van der Waals surface area contributed by atoms with Gasteiger partial charge < -0.3 is 4.74 Å². The lowest BCUT2D eigenvalue weighted by Gasteiger charge is -2.02. The van der Waals surface area contributed by atoms with Crippen molar-refractivity contribution in [2.45, 2.75) is 25.3 Å². The average molecular weight is 228 g/mol. The second-order valence-electron chi connectivity index (χ2n) is 3.15. The van der Waals surface area contributed by atoms with Crippen LogP contribution in [-0.4, -0.2) is 28.1 Å². The minimum Gasteiger partial charge on any atom is -0.466 e. The molecule has 0 amide bonds. The molecular formula is C10H16N2O2S. The molecule has 0 unspecified atom stereocenters. The number of carbonyl (C=O) groups is 1. The second kappa shape index (κ2) is 5.80. The molecule has 1 heterocycles. The van der Waals surface area contributed by atoms with Gasteiger partial charge >= 0.3 is 5.97 Å². The number of aryl methyl sites for hydroxylation is 2. The number of thioether (sulfide) groups is 1. The number of hydrogen-bond donors (Lipinski definition) is 0. The molecule has 0 atom stereocenters. The van der Waals surface area contributed by atoms with Crippen molar-refractivity contribution >= 4 is 17.7 Å². The highest BCUT2D eigenvalue weighted by molar-refractivity contribution is 7.99. The van der Waals surface area contributed by atoms with Crippen LogP contribution in [-0.2, 0) is 16.6 Å². The molecule has 1 aromatic heterocycles. The monoisotopic (exact) mass is 228 g/mol. The van der Waals surface area contributed by atoms with Crippen molar-refractivity contribution in [3.8, 4) is 0 Å². The third-order valence-corrected chi connectivity index (χ3v) is 2.91. The number of esters is 1. The van der Waals surface area contributed by atoms with Gasteiger partial charge in [0.2, 0.25) is 0 Å². The van der Waals surface area contributed by atoms with Gasteiger partial charge in [0.15, 0.2) is 0 Å². The predicted octanol–water partition coefficient (Wildman–Crippen LogP) is 1.77. The molecule has 0 saturated carbocycles. The summed E-state index contributed by atoms with van der Waals surface area (Å²) in [5.74, 6) is 0.599. The van der Waals surface area contributed by atoms with Gasteiger partial charge in [-0.05, 0) is 19.9 Å². The molecule has 0 saturated heterocycles. The molecule has 15 heavy (non-hydrogen) atoms. The summed E-state index contributed by atoms with van der Waals surface area (Å²) in [6.07, 6.45) is 0.447. The number of hydrogen-bond acceptors (Lipinski definition) is 4. The fourth-order valence-electron chi connectivity index (χ4n) is 1.19. The van der Waals surface area contributed by atoms with E-state index in [1.165, 1.54) is 0 Å². The molecular weight excluding hydrogens is 212 g/mol. The van der Waals surface area contributed by atoms with Gasteiger partial charge in [-0.1, -0.05) is 0 Å². The van der Waals surface area contributed by atoms with Crippen molar-refractivity contribution in [2.75, 3.05) is 12.4 Å². The number of nitrogens with zero attached hydrogens (tertiary/aromatic N) is 2. The van der Waals surface area contributed by atoms with Gasteiger partial charge in [-0.2, -0.15) is 5.10 Å². The Morgan fingerprint density at radius 2 is 2.40 bits per heavy atom. The van der Waals surface area contributed by atoms with E-state index in [4.69, 9.17) is 4.74 Å². The van der Waals surface area contributed by atoms with E-state index >= 15 is 0 Å². The molecule has 0 N–H and O–H groups in total. The van der Waals surface area contributed by atoms with Crippen molar-refractivity contribution in [3.05, 3.63) is 11.8 Å². The fraction of sp³-hybridized carbons (Fsp3) is 0.600. The molecule has 0 aliphatic heterocycles. The van der Waals surface area contributed by atoms with E-state index in [1.54, 1.807) is 11.8 Å².